The molecular weight excluding hydrogens is 210 g/mol. The van der Waals surface area contributed by atoms with Gasteiger partial charge in [0.15, 0.2) is 0 Å². The monoisotopic (exact) mass is 229 g/mol. The van der Waals surface area contributed by atoms with E-state index in [-0.39, 0.29) is 0 Å². The third-order valence-corrected chi connectivity index (χ3v) is 3.71. The Kier molecular flexibility index (Phi) is 3.63. The maximum atomic E-state index is 9.00. The summed E-state index contributed by atoms with van der Waals surface area (Å²) in [5.41, 5.74) is 1.92. The topological polar surface area (TPSA) is 48.7 Å². The van der Waals surface area contributed by atoms with E-state index in [4.69, 9.17) is 5.26 Å². The van der Waals surface area contributed by atoms with Crippen molar-refractivity contribution in [3.05, 3.63) is 24.0 Å². The van der Waals surface area contributed by atoms with Crippen molar-refractivity contribution in [2.75, 3.05) is 11.9 Å². The van der Waals surface area contributed by atoms with Gasteiger partial charge in [-0.2, -0.15) is 5.26 Å². The van der Waals surface area contributed by atoms with Crippen molar-refractivity contribution in [2.24, 2.45) is 5.41 Å². The highest BCUT2D eigenvalue weighted by Gasteiger charge is 2.26. The Morgan fingerprint density at radius 1 is 1.41 bits per heavy atom. The number of rotatable bonds is 3. The van der Waals surface area contributed by atoms with Gasteiger partial charge < -0.3 is 5.32 Å². The van der Waals surface area contributed by atoms with E-state index < -0.39 is 0 Å². The van der Waals surface area contributed by atoms with Crippen molar-refractivity contribution in [3.63, 3.8) is 0 Å². The van der Waals surface area contributed by atoms with Gasteiger partial charge in [-0.15, -0.1) is 0 Å². The zero-order valence-electron chi connectivity index (χ0n) is 10.4. The molecule has 0 amide bonds. The van der Waals surface area contributed by atoms with Gasteiger partial charge in [-0.1, -0.05) is 26.2 Å². The molecule has 90 valence electrons. The molecular formula is C14H19N3. The average molecular weight is 229 g/mol. The molecule has 0 atom stereocenters. The van der Waals surface area contributed by atoms with Crippen LogP contribution >= 0.6 is 0 Å². The van der Waals surface area contributed by atoms with Crippen molar-refractivity contribution >= 4 is 5.69 Å². The van der Waals surface area contributed by atoms with Gasteiger partial charge in [0, 0.05) is 12.7 Å². The van der Waals surface area contributed by atoms with Crippen LogP contribution in [0.2, 0.25) is 0 Å². The first-order valence-corrected chi connectivity index (χ1v) is 6.31. The maximum Gasteiger partial charge on any atom is 0.101 e. The molecule has 0 radical (unpaired) electrons. The Bertz CT molecular complexity index is 414. The number of nitriles is 1. The van der Waals surface area contributed by atoms with E-state index in [0.717, 1.165) is 12.2 Å². The van der Waals surface area contributed by atoms with Gasteiger partial charge in [0.05, 0.1) is 17.4 Å². The highest BCUT2D eigenvalue weighted by atomic mass is 14.9. The zero-order valence-corrected chi connectivity index (χ0v) is 10.4. The second-order valence-electron chi connectivity index (χ2n) is 5.26. The number of pyridine rings is 1. The predicted molar refractivity (Wildman–Crippen MR) is 68.6 cm³/mol. The van der Waals surface area contributed by atoms with E-state index in [1.165, 1.54) is 32.1 Å². The third kappa shape index (κ3) is 2.97. The van der Waals surface area contributed by atoms with Crippen LogP contribution in [0.15, 0.2) is 18.5 Å². The van der Waals surface area contributed by atoms with E-state index in [1.807, 2.05) is 0 Å². The van der Waals surface area contributed by atoms with Crippen LogP contribution in [0.4, 0.5) is 5.69 Å². The molecule has 0 unspecified atom stereocenters. The predicted octanol–water partition coefficient (Wildman–Crippen LogP) is 3.34. The van der Waals surface area contributed by atoms with Crippen LogP contribution in [-0.4, -0.2) is 11.5 Å². The van der Waals surface area contributed by atoms with Gasteiger partial charge in [0.2, 0.25) is 0 Å². The van der Waals surface area contributed by atoms with Crippen molar-refractivity contribution in [1.29, 1.82) is 5.26 Å². The molecule has 1 fully saturated rings. The van der Waals surface area contributed by atoms with Crippen LogP contribution in [0, 0.1) is 16.7 Å². The van der Waals surface area contributed by atoms with E-state index in [0.29, 0.717) is 11.0 Å². The molecule has 1 N–H and O–H groups in total. The summed E-state index contributed by atoms with van der Waals surface area (Å²) in [4.78, 5) is 4.07. The smallest absolute Gasteiger partial charge is 0.101 e. The average Bonchev–Trinajstić information content (AvgIpc) is 2.38. The van der Waals surface area contributed by atoms with Crippen LogP contribution in [0.1, 0.15) is 44.6 Å². The molecule has 1 saturated carbocycles. The van der Waals surface area contributed by atoms with Gasteiger partial charge in [-0.3, -0.25) is 4.98 Å². The minimum Gasteiger partial charge on any atom is -0.382 e. The molecule has 17 heavy (non-hydrogen) atoms. The fourth-order valence-electron chi connectivity index (χ4n) is 2.52. The Morgan fingerprint density at radius 2 is 2.18 bits per heavy atom. The standard InChI is InChI=1S/C14H19N3/c1-14(6-3-2-4-7-14)11-17-13-10-16-8-5-12(13)9-15/h5,8,10,17H,2-4,6-7,11H2,1H3. The maximum absolute atomic E-state index is 9.00. The summed E-state index contributed by atoms with van der Waals surface area (Å²) in [6.45, 7) is 3.27. The Labute approximate surface area is 103 Å². The number of hydrogen-bond donors (Lipinski definition) is 1. The zero-order chi connectivity index (χ0) is 12.1. The summed E-state index contributed by atoms with van der Waals surface area (Å²) >= 11 is 0. The minimum absolute atomic E-state index is 0.376. The van der Waals surface area contributed by atoms with Crippen molar-refractivity contribution < 1.29 is 0 Å². The molecule has 0 saturated heterocycles. The number of aromatic nitrogens is 1. The molecule has 0 aromatic carbocycles. The molecule has 2 rings (SSSR count). The number of hydrogen-bond acceptors (Lipinski definition) is 3. The SMILES string of the molecule is CC1(CNc2cnccc2C#N)CCCCC1. The molecule has 3 heteroatoms. The van der Waals surface area contributed by atoms with Crippen LogP contribution in [0.3, 0.4) is 0 Å². The summed E-state index contributed by atoms with van der Waals surface area (Å²) in [6, 6.07) is 3.95. The van der Waals surface area contributed by atoms with E-state index in [2.05, 4.69) is 23.3 Å². The lowest BCUT2D eigenvalue weighted by atomic mass is 9.76. The van der Waals surface area contributed by atoms with Crippen LogP contribution in [0.25, 0.3) is 0 Å². The van der Waals surface area contributed by atoms with Gasteiger partial charge in [-0.25, -0.2) is 0 Å². The number of nitrogens with one attached hydrogen (secondary N) is 1. The lowest BCUT2D eigenvalue weighted by molar-refractivity contribution is 0.233. The first-order chi connectivity index (χ1) is 8.23. The van der Waals surface area contributed by atoms with Crippen LogP contribution in [0.5, 0.6) is 0 Å². The van der Waals surface area contributed by atoms with Gasteiger partial charge in [0.1, 0.15) is 6.07 Å². The highest BCUT2D eigenvalue weighted by molar-refractivity contribution is 5.55. The Hall–Kier alpha value is -1.56. The lowest BCUT2D eigenvalue weighted by Crippen LogP contribution is -2.29. The molecule has 1 aliphatic rings. The highest BCUT2D eigenvalue weighted by Crippen LogP contribution is 2.35. The van der Waals surface area contributed by atoms with E-state index in [1.54, 1.807) is 18.5 Å². The summed E-state index contributed by atoms with van der Waals surface area (Å²) in [7, 11) is 0. The minimum atomic E-state index is 0.376. The molecule has 0 spiro atoms. The third-order valence-electron chi connectivity index (χ3n) is 3.71. The van der Waals surface area contributed by atoms with Crippen LogP contribution in [-0.2, 0) is 0 Å². The van der Waals surface area contributed by atoms with Crippen molar-refractivity contribution in [1.82, 2.24) is 4.98 Å². The first kappa shape index (κ1) is 11.9. The number of anilines is 1. The molecule has 1 heterocycles. The lowest BCUT2D eigenvalue weighted by Gasteiger charge is -2.34. The summed E-state index contributed by atoms with van der Waals surface area (Å²) in [5.74, 6) is 0. The Morgan fingerprint density at radius 3 is 2.88 bits per heavy atom. The van der Waals surface area contributed by atoms with Gasteiger partial charge >= 0.3 is 0 Å². The quantitative estimate of drug-likeness (QED) is 0.864. The molecule has 1 aliphatic carbocycles. The molecule has 3 nitrogen and oxygen atoms in total. The van der Waals surface area contributed by atoms with E-state index >= 15 is 0 Å². The first-order valence-electron chi connectivity index (χ1n) is 6.31. The summed E-state index contributed by atoms with van der Waals surface area (Å²) in [5, 5.41) is 12.4. The van der Waals surface area contributed by atoms with Gasteiger partial charge in [-0.05, 0) is 24.3 Å². The summed E-state index contributed by atoms with van der Waals surface area (Å²) < 4.78 is 0. The molecule has 0 bridgehead atoms. The normalized spacial score (nSPS) is 18.4. The molecule has 1 aromatic heterocycles. The largest absolute Gasteiger partial charge is 0.382 e. The molecule has 0 aliphatic heterocycles. The van der Waals surface area contributed by atoms with E-state index in [9.17, 15) is 0 Å². The van der Waals surface area contributed by atoms with Gasteiger partial charge in [0.25, 0.3) is 0 Å². The van der Waals surface area contributed by atoms with Crippen LogP contribution < -0.4 is 5.32 Å². The van der Waals surface area contributed by atoms with Crippen molar-refractivity contribution in [3.8, 4) is 6.07 Å². The summed E-state index contributed by atoms with van der Waals surface area (Å²) in [6.07, 6.45) is 9.99. The molecule has 1 aromatic rings. The fourth-order valence-corrected chi connectivity index (χ4v) is 2.52. The number of nitrogens with zero attached hydrogens (tertiary/aromatic N) is 2. The second kappa shape index (κ2) is 5.18. The second-order valence-corrected chi connectivity index (χ2v) is 5.26. The fraction of sp³-hybridized carbons (Fsp3) is 0.571. The van der Waals surface area contributed by atoms with Crippen molar-refractivity contribution in [2.45, 2.75) is 39.0 Å². The Balaban J connectivity index is 2.00.